The van der Waals surface area contributed by atoms with E-state index in [1.165, 1.54) is 22.7 Å². The van der Waals surface area contributed by atoms with E-state index in [0.29, 0.717) is 32.8 Å². The van der Waals surface area contributed by atoms with E-state index >= 15 is 0 Å². The molecule has 192 valence electrons. The summed E-state index contributed by atoms with van der Waals surface area (Å²) in [6.07, 6.45) is -2.79. The molecule has 0 spiro atoms. The highest BCUT2D eigenvalue weighted by molar-refractivity contribution is 7.88. The lowest BCUT2D eigenvalue weighted by atomic mass is 9.91. The van der Waals surface area contributed by atoms with Crippen molar-refractivity contribution in [1.29, 1.82) is 0 Å². The van der Waals surface area contributed by atoms with E-state index in [4.69, 9.17) is 4.74 Å². The molecule has 6 nitrogen and oxygen atoms in total. The quantitative estimate of drug-likeness (QED) is 0.642. The summed E-state index contributed by atoms with van der Waals surface area (Å²) in [5.74, 6) is 0. The SMILES string of the molecule is CCc1cc(CN2C3COCC2CN(S(C)(=O)=O)C3)ccc1-c1ccc(C(C)(O)C(F)(F)F)cc1. The predicted molar refractivity (Wildman–Crippen MR) is 127 cm³/mol. The van der Waals surface area contributed by atoms with Gasteiger partial charge in [0.05, 0.1) is 19.5 Å². The van der Waals surface area contributed by atoms with Crippen LogP contribution in [0.2, 0.25) is 0 Å². The molecule has 2 heterocycles. The number of alkyl halides is 3. The maximum absolute atomic E-state index is 13.2. The van der Waals surface area contributed by atoms with Gasteiger partial charge in [0.1, 0.15) is 0 Å². The lowest BCUT2D eigenvalue weighted by molar-refractivity contribution is -0.258. The summed E-state index contributed by atoms with van der Waals surface area (Å²) in [6, 6.07) is 11.9. The van der Waals surface area contributed by atoms with Crippen molar-refractivity contribution in [3.63, 3.8) is 0 Å². The molecule has 0 saturated carbocycles. The third-order valence-electron chi connectivity index (χ3n) is 7.08. The van der Waals surface area contributed by atoms with Gasteiger partial charge in [-0.15, -0.1) is 0 Å². The smallest absolute Gasteiger partial charge is 0.378 e. The maximum atomic E-state index is 13.2. The van der Waals surface area contributed by atoms with Crippen LogP contribution in [0.15, 0.2) is 42.5 Å². The number of sulfonamides is 1. The molecule has 35 heavy (non-hydrogen) atoms. The molecule has 0 amide bonds. The first-order chi connectivity index (χ1) is 16.3. The highest BCUT2D eigenvalue weighted by atomic mass is 32.2. The van der Waals surface area contributed by atoms with E-state index in [-0.39, 0.29) is 17.6 Å². The van der Waals surface area contributed by atoms with Gasteiger partial charge in [-0.25, -0.2) is 8.42 Å². The van der Waals surface area contributed by atoms with Crippen LogP contribution < -0.4 is 0 Å². The number of morpholine rings is 1. The third-order valence-corrected chi connectivity index (χ3v) is 8.32. The topological polar surface area (TPSA) is 70.1 Å². The second-order valence-electron chi connectivity index (χ2n) is 9.59. The summed E-state index contributed by atoms with van der Waals surface area (Å²) in [6.45, 7) is 5.22. The summed E-state index contributed by atoms with van der Waals surface area (Å²) in [5.41, 5.74) is 0.750. The summed E-state index contributed by atoms with van der Waals surface area (Å²) in [7, 11) is -3.26. The Bertz CT molecular complexity index is 1150. The van der Waals surface area contributed by atoms with Crippen molar-refractivity contribution in [2.45, 2.75) is 50.7 Å². The van der Waals surface area contributed by atoms with Crippen LogP contribution >= 0.6 is 0 Å². The standard InChI is InChI=1S/C25H31F3N2O4S/c1-4-18-11-17(12-30-21-13-29(35(3,32)33)14-22(30)16-34-15-21)5-10-23(18)19-6-8-20(9-7-19)24(2,31)25(26,27)28/h5-11,21-22,31H,4,12-16H2,1-3H3. The Hall–Kier alpha value is -1.98. The first kappa shape index (κ1) is 26.1. The van der Waals surface area contributed by atoms with Crippen LogP contribution in [0.1, 0.15) is 30.5 Å². The highest BCUT2D eigenvalue weighted by Gasteiger charge is 2.51. The van der Waals surface area contributed by atoms with Gasteiger partial charge in [0.2, 0.25) is 10.0 Å². The monoisotopic (exact) mass is 512 g/mol. The van der Waals surface area contributed by atoms with Crippen molar-refractivity contribution in [3.8, 4) is 11.1 Å². The number of rotatable bonds is 6. The van der Waals surface area contributed by atoms with Gasteiger partial charge in [-0.3, -0.25) is 4.90 Å². The van der Waals surface area contributed by atoms with Gasteiger partial charge in [0.25, 0.3) is 0 Å². The number of ether oxygens (including phenoxy) is 1. The van der Waals surface area contributed by atoms with Gasteiger partial charge < -0.3 is 9.84 Å². The van der Waals surface area contributed by atoms with Gasteiger partial charge in [-0.1, -0.05) is 49.4 Å². The van der Waals surface area contributed by atoms with E-state index in [1.54, 1.807) is 12.1 Å². The van der Waals surface area contributed by atoms with Gasteiger partial charge in [0.15, 0.2) is 5.60 Å². The number of nitrogens with zero attached hydrogens (tertiary/aromatic N) is 2. The molecular formula is C25H31F3N2O4S. The molecule has 2 aliphatic rings. The second kappa shape index (κ2) is 9.48. The molecule has 2 aromatic carbocycles. The molecule has 0 aromatic heterocycles. The van der Waals surface area contributed by atoms with Crippen LogP contribution in [0.25, 0.3) is 11.1 Å². The largest absolute Gasteiger partial charge is 0.421 e. The molecule has 4 rings (SSSR count). The Labute approximate surface area is 204 Å². The van der Waals surface area contributed by atoms with Gasteiger partial charge >= 0.3 is 6.18 Å². The van der Waals surface area contributed by atoms with E-state index in [2.05, 4.69) is 11.0 Å². The minimum atomic E-state index is -4.76. The second-order valence-corrected chi connectivity index (χ2v) is 11.6. The number of aliphatic hydroxyl groups is 1. The first-order valence-electron chi connectivity index (χ1n) is 11.6. The molecule has 10 heteroatoms. The summed E-state index contributed by atoms with van der Waals surface area (Å²) in [4.78, 5) is 2.31. The Kier molecular flexibility index (Phi) is 7.07. The zero-order chi connectivity index (χ0) is 25.6. The highest BCUT2D eigenvalue weighted by Crippen LogP contribution is 2.39. The fraction of sp³-hybridized carbons (Fsp3) is 0.520. The van der Waals surface area contributed by atoms with Crippen LogP contribution in [-0.4, -0.2) is 73.5 Å². The van der Waals surface area contributed by atoms with E-state index in [9.17, 15) is 26.7 Å². The molecular weight excluding hydrogens is 481 g/mol. The Morgan fingerprint density at radius 2 is 1.66 bits per heavy atom. The van der Waals surface area contributed by atoms with Gasteiger partial charge in [0, 0.05) is 31.7 Å². The number of halogens is 3. The number of piperazine rings is 1. The normalized spacial score (nSPS) is 23.7. The molecule has 2 aromatic rings. The molecule has 0 aliphatic carbocycles. The molecule has 2 fully saturated rings. The molecule has 2 aliphatic heterocycles. The molecule has 1 N–H and O–H groups in total. The third kappa shape index (κ3) is 5.27. The van der Waals surface area contributed by atoms with Crippen LogP contribution in [0.4, 0.5) is 13.2 Å². The Morgan fingerprint density at radius 3 is 2.17 bits per heavy atom. The van der Waals surface area contributed by atoms with Crippen molar-refractivity contribution in [3.05, 3.63) is 59.2 Å². The zero-order valence-electron chi connectivity index (χ0n) is 20.0. The van der Waals surface area contributed by atoms with Crippen LogP contribution in [0, 0.1) is 0 Å². The Balaban J connectivity index is 1.55. The van der Waals surface area contributed by atoms with Crippen molar-refractivity contribution < 1.29 is 31.4 Å². The lowest BCUT2D eigenvalue weighted by Gasteiger charge is -2.49. The van der Waals surface area contributed by atoms with E-state index < -0.39 is 21.8 Å². The van der Waals surface area contributed by atoms with Crippen molar-refractivity contribution >= 4 is 10.0 Å². The predicted octanol–water partition coefficient (Wildman–Crippen LogP) is 3.53. The van der Waals surface area contributed by atoms with Crippen molar-refractivity contribution in [2.75, 3.05) is 32.6 Å². The van der Waals surface area contributed by atoms with Crippen molar-refractivity contribution in [2.24, 2.45) is 0 Å². The summed E-state index contributed by atoms with van der Waals surface area (Å²) in [5, 5.41) is 9.93. The average molecular weight is 513 g/mol. The summed E-state index contributed by atoms with van der Waals surface area (Å²) >= 11 is 0. The number of fused-ring (bicyclic) bond motifs is 2. The average Bonchev–Trinajstić information content (AvgIpc) is 2.77. The number of aryl methyl sites for hydroxylation is 1. The maximum Gasteiger partial charge on any atom is 0.421 e. The van der Waals surface area contributed by atoms with Crippen LogP contribution in [-0.2, 0) is 33.3 Å². The summed E-state index contributed by atoms with van der Waals surface area (Å²) < 4.78 is 70.8. The zero-order valence-corrected chi connectivity index (χ0v) is 20.9. The van der Waals surface area contributed by atoms with Gasteiger partial charge in [-0.05, 0) is 41.2 Å². The fourth-order valence-corrected chi connectivity index (χ4v) is 5.77. The number of benzene rings is 2. The molecule has 2 bridgehead atoms. The first-order valence-corrected chi connectivity index (χ1v) is 13.5. The fourth-order valence-electron chi connectivity index (χ4n) is 4.89. The van der Waals surface area contributed by atoms with Crippen LogP contribution in [0.5, 0.6) is 0 Å². The molecule has 3 unspecified atom stereocenters. The van der Waals surface area contributed by atoms with E-state index in [0.717, 1.165) is 35.6 Å². The van der Waals surface area contributed by atoms with Crippen LogP contribution in [0.3, 0.4) is 0 Å². The lowest BCUT2D eigenvalue weighted by Crippen LogP contribution is -2.64. The van der Waals surface area contributed by atoms with E-state index in [1.807, 2.05) is 19.1 Å². The Morgan fingerprint density at radius 1 is 1.06 bits per heavy atom. The van der Waals surface area contributed by atoms with Gasteiger partial charge in [-0.2, -0.15) is 17.5 Å². The minimum Gasteiger partial charge on any atom is -0.378 e. The number of hydrogen-bond acceptors (Lipinski definition) is 5. The minimum absolute atomic E-state index is 0.0176. The molecule has 2 saturated heterocycles. The molecule has 3 atom stereocenters. The molecule has 0 radical (unpaired) electrons. The number of hydrogen-bond donors (Lipinski definition) is 1. The van der Waals surface area contributed by atoms with Crippen molar-refractivity contribution in [1.82, 2.24) is 9.21 Å².